The van der Waals surface area contributed by atoms with E-state index in [9.17, 15) is 10.1 Å². The van der Waals surface area contributed by atoms with Crippen molar-refractivity contribution in [2.45, 2.75) is 26.2 Å². The molecular weight excluding hydrogens is 230 g/mol. The van der Waals surface area contributed by atoms with Gasteiger partial charge in [-0.05, 0) is 25.3 Å². The van der Waals surface area contributed by atoms with Gasteiger partial charge in [-0.15, -0.1) is 0 Å². The number of non-ortho nitro benzene ring substituents is 1. The Morgan fingerprint density at radius 3 is 2.67 bits per heavy atom. The molecule has 0 saturated carbocycles. The van der Waals surface area contributed by atoms with Gasteiger partial charge in [0.2, 0.25) is 0 Å². The zero-order valence-corrected chi connectivity index (χ0v) is 10.7. The summed E-state index contributed by atoms with van der Waals surface area (Å²) in [4.78, 5) is 12.8. The second-order valence-electron chi connectivity index (χ2n) is 4.62. The number of hydrogen-bond acceptors (Lipinski definition) is 4. The zero-order chi connectivity index (χ0) is 13.0. The van der Waals surface area contributed by atoms with Crippen LogP contribution in [0.25, 0.3) is 0 Å². The molecule has 0 amide bonds. The zero-order valence-electron chi connectivity index (χ0n) is 10.7. The molecule has 0 bridgehead atoms. The largest absolute Gasteiger partial charge is 0.385 e. The summed E-state index contributed by atoms with van der Waals surface area (Å²) in [5.41, 5.74) is 1.96. The molecule has 1 aliphatic heterocycles. The van der Waals surface area contributed by atoms with Crippen LogP contribution in [0.4, 0.5) is 17.1 Å². The summed E-state index contributed by atoms with van der Waals surface area (Å²) in [5, 5.41) is 14.2. The molecule has 1 aromatic rings. The van der Waals surface area contributed by atoms with Gasteiger partial charge in [0.1, 0.15) is 0 Å². The molecule has 2 rings (SSSR count). The minimum Gasteiger partial charge on any atom is -0.385 e. The van der Waals surface area contributed by atoms with Crippen LogP contribution in [-0.2, 0) is 0 Å². The summed E-state index contributed by atoms with van der Waals surface area (Å²) in [5.74, 6) is 0. The van der Waals surface area contributed by atoms with E-state index in [1.54, 1.807) is 12.1 Å². The molecule has 5 nitrogen and oxygen atoms in total. The minimum absolute atomic E-state index is 0.165. The van der Waals surface area contributed by atoms with Crippen LogP contribution in [0.3, 0.4) is 0 Å². The fourth-order valence-electron chi connectivity index (χ4n) is 2.23. The maximum atomic E-state index is 11.0. The van der Waals surface area contributed by atoms with E-state index in [1.165, 1.54) is 12.8 Å². The second kappa shape index (κ2) is 5.71. The first kappa shape index (κ1) is 12.7. The number of hydrogen-bond donors (Lipinski definition) is 1. The predicted molar refractivity (Wildman–Crippen MR) is 73.3 cm³/mol. The molecule has 18 heavy (non-hydrogen) atoms. The van der Waals surface area contributed by atoms with Crippen molar-refractivity contribution in [2.24, 2.45) is 0 Å². The summed E-state index contributed by atoms with van der Waals surface area (Å²) in [7, 11) is 0. The van der Waals surface area contributed by atoms with Gasteiger partial charge in [0.25, 0.3) is 5.69 Å². The van der Waals surface area contributed by atoms with Crippen LogP contribution >= 0.6 is 0 Å². The third-order valence-electron chi connectivity index (χ3n) is 3.16. The number of nitro groups is 1. The van der Waals surface area contributed by atoms with Gasteiger partial charge in [0, 0.05) is 43.1 Å². The molecule has 1 aromatic carbocycles. The molecule has 0 spiro atoms. The molecule has 0 unspecified atom stereocenters. The normalized spacial score (nSPS) is 14.8. The van der Waals surface area contributed by atoms with Crippen molar-refractivity contribution in [3.05, 3.63) is 28.3 Å². The molecule has 5 heteroatoms. The first-order valence-electron chi connectivity index (χ1n) is 6.49. The van der Waals surface area contributed by atoms with Crippen molar-refractivity contribution >= 4 is 17.1 Å². The lowest BCUT2D eigenvalue weighted by Crippen LogP contribution is -2.18. The molecule has 1 aliphatic rings. The lowest BCUT2D eigenvalue weighted by Gasteiger charge is -2.18. The molecule has 0 aromatic heterocycles. The molecule has 1 heterocycles. The Hall–Kier alpha value is -1.78. The summed E-state index contributed by atoms with van der Waals surface area (Å²) in [6.07, 6.45) is 3.34. The average Bonchev–Trinajstić information content (AvgIpc) is 2.89. The van der Waals surface area contributed by atoms with Crippen LogP contribution in [0.15, 0.2) is 18.2 Å². The number of anilines is 2. The molecule has 0 radical (unpaired) electrons. The highest BCUT2D eigenvalue weighted by atomic mass is 16.6. The van der Waals surface area contributed by atoms with Crippen molar-refractivity contribution in [1.82, 2.24) is 0 Å². The van der Waals surface area contributed by atoms with E-state index < -0.39 is 0 Å². The van der Waals surface area contributed by atoms with E-state index in [0.717, 1.165) is 37.4 Å². The van der Waals surface area contributed by atoms with Gasteiger partial charge in [-0.1, -0.05) is 6.92 Å². The minimum atomic E-state index is -0.323. The monoisotopic (exact) mass is 249 g/mol. The standard InChI is InChI=1S/C13H19N3O2/c1-2-5-14-11-8-12(15-6-3-4-7-15)10-13(9-11)16(17)18/h8-10,14H,2-7H2,1H3. The molecule has 0 atom stereocenters. The maximum absolute atomic E-state index is 11.0. The van der Waals surface area contributed by atoms with E-state index in [-0.39, 0.29) is 10.6 Å². The van der Waals surface area contributed by atoms with E-state index in [2.05, 4.69) is 17.1 Å². The Labute approximate surface area is 107 Å². The van der Waals surface area contributed by atoms with E-state index >= 15 is 0 Å². The lowest BCUT2D eigenvalue weighted by atomic mass is 10.2. The van der Waals surface area contributed by atoms with Crippen molar-refractivity contribution in [3.63, 3.8) is 0 Å². The Balaban J connectivity index is 2.26. The average molecular weight is 249 g/mol. The van der Waals surface area contributed by atoms with Crippen LogP contribution in [0.2, 0.25) is 0 Å². The highest BCUT2D eigenvalue weighted by molar-refractivity contribution is 5.64. The van der Waals surface area contributed by atoms with Crippen molar-refractivity contribution in [2.75, 3.05) is 29.9 Å². The number of rotatable bonds is 5. The van der Waals surface area contributed by atoms with Gasteiger partial charge in [0.15, 0.2) is 0 Å². The molecule has 1 saturated heterocycles. The first-order valence-corrected chi connectivity index (χ1v) is 6.49. The molecule has 1 fully saturated rings. The number of nitrogens with zero attached hydrogens (tertiary/aromatic N) is 2. The van der Waals surface area contributed by atoms with Crippen LogP contribution in [0, 0.1) is 10.1 Å². The summed E-state index contributed by atoms with van der Waals surface area (Å²) >= 11 is 0. The topological polar surface area (TPSA) is 58.4 Å². The third kappa shape index (κ3) is 2.91. The van der Waals surface area contributed by atoms with Gasteiger partial charge in [-0.2, -0.15) is 0 Å². The van der Waals surface area contributed by atoms with Gasteiger partial charge in [-0.25, -0.2) is 0 Å². The SMILES string of the molecule is CCCNc1cc(N2CCCC2)cc([N+](=O)[O-])c1. The Morgan fingerprint density at radius 2 is 2.06 bits per heavy atom. The smallest absolute Gasteiger partial charge is 0.273 e. The maximum Gasteiger partial charge on any atom is 0.273 e. The lowest BCUT2D eigenvalue weighted by molar-refractivity contribution is -0.384. The number of nitro benzene ring substituents is 1. The molecular formula is C13H19N3O2. The quantitative estimate of drug-likeness (QED) is 0.643. The fourth-order valence-corrected chi connectivity index (χ4v) is 2.23. The fraction of sp³-hybridized carbons (Fsp3) is 0.538. The van der Waals surface area contributed by atoms with Gasteiger partial charge in [0.05, 0.1) is 4.92 Å². The highest BCUT2D eigenvalue weighted by Gasteiger charge is 2.17. The predicted octanol–water partition coefficient (Wildman–Crippen LogP) is 3.02. The second-order valence-corrected chi connectivity index (χ2v) is 4.62. The first-order chi connectivity index (χ1) is 8.70. The summed E-state index contributed by atoms with van der Waals surface area (Å²) in [6.45, 7) is 4.90. The van der Waals surface area contributed by atoms with E-state index in [4.69, 9.17) is 0 Å². The van der Waals surface area contributed by atoms with Crippen molar-refractivity contribution in [3.8, 4) is 0 Å². The van der Waals surface area contributed by atoms with Crippen LogP contribution in [0.5, 0.6) is 0 Å². The molecule has 1 N–H and O–H groups in total. The summed E-state index contributed by atoms with van der Waals surface area (Å²) in [6, 6.07) is 5.28. The Kier molecular flexibility index (Phi) is 4.02. The van der Waals surface area contributed by atoms with E-state index in [1.807, 2.05) is 6.07 Å². The Morgan fingerprint density at radius 1 is 1.33 bits per heavy atom. The Bertz CT molecular complexity index is 428. The third-order valence-corrected chi connectivity index (χ3v) is 3.16. The van der Waals surface area contributed by atoms with Crippen LogP contribution in [0.1, 0.15) is 26.2 Å². The molecule has 98 valence electrons. The summed E-state index contributed by atoms with van der Waals surface area (Å²) < 4.78 is 0. The highest BCUT2D eigenvalue weighted by Crippen LogP contribution is 2.29. The van der Waals surface area contributed by atoms with E-state index in [0.29, 0.717) is 0 Å². The number of nitrogens with one attached hydrogen (secondary N) is 1. The number of benzene rings is 1. The van der Waals surface area contributed by atoms with Crippen LogP contribution < -0.4 is 10.2 Å². The van der Waals surface area contributed by atoms with Gasteiger partial charge >= 0.3 is 0 Å². The van der Waals surface area contributed by atoms with Crippen molar-refractivity contribution in [1.29, 1.82) is 0 Å². The van der Waals surface area contributed by atoms with Gasteiger partial charge < -0.3 is 10.2 Å². The van der Waals surface area contributed by atoms with Crippen LogP contribution in [-0.4, -0.2) is 24.6 Å². The van der Waals surface area contributed by atoms with Crippen molar-refractivity contribution < 1.29 is 4.92 Å². The van der Waals surface area contributed by atoms with Gasteiger partial charge in [-0.3, -0.25) is 10.1 Å². The molecule has 0 aliphatic carbocycles.